The van der Waals surface area contributed by atoms with Gasteiger partial charge in [0.25, 0.3) is 0 Å². The number of hydrogen-bond donors (Lipinski definition) is 2. The van der Waals surface area contributed by atoms with E-state index in [1.165, 1.54) is 12.0 Å². The Kier molecular flexibility index (Phi) is 5.77. The van der Waals surface area contributed by atoms with Gasteiger partial charge in [0.15, 0.2) is 0 Å². The fourth-order valence-electron chi connectivity index (χ4n) is 3.48. The molecular weight excluding hydrogens is 342 g/mol. The van der Waals surface area contributed by atoms with Crippen LogP contribution in [0.25, 0.3) is 0 Å². The predicted octanol–water partition coefficient (Wildman–Crippen LogP) is 0.324. The number of methoxy groups -OCH3 is 1. The standard InChI is InChI=1S/C17H27N3O6/c1-16(2,3)26-15(24)19-11-6-8-17(7-5-9-20(17)13(11)22)14(23)18-10-12(21)25-4/h11H,5-10H2,1-4H3,(H,18,23)(H,19,24)/t11-,17-/m1/s1. The summed E-state index contributed by atoms with van der Waals surface area (Å²) in [4.78, 5) is 50.2. The van der Waals surface area contributed by atoms with Crippen molar-refractivity contribution in [2.75, 3.05) is 20.2 Å². The number of alkyl carbamates (subject to hydrolysis) is 1. The highest BCUT2D eigenvalue weighted by molar-refractivity contribution is 5.97. The predicted molar refractivity (Wildman–Crippen MR) is 91.1 cm³/mol. The maximum Gasteiger partial charge on any atom is 0.408 e. The summed E-state index contributed by atoms with van der Waals surface area (Å²) in [5, 5.41) is 5.15. The number of nitrogens with zero attached hydrogens (tertiary/aromatic N) is 1. The number of piperidine rings is 1. The zero-order chi connectivity index (χ0) is 19.5. The van der Waals surface area contributed by atoms with Crippen molar-refractivity contribution in [3.8, 4) is 0 Å². The van der Waals surface area contributed by atoms with Crippen molar-refractivity contribution in [3.63, 3.8) is 0 Å². The van der Waals surface area contributed by atoms with Crippen LogP contribution in [0.5, 0.6) is 0 Å². The molecule has 0 aromatic carbocycles. The fourth-order valence-corrected chi connectivity index (χ4v) is 3.48. The zero-order valence-electron chi connectivity index (χ0n) is 15.7. The van der Waals surface area contributed by atoms with Crippen molar-refractivity contribution in [3.05, 3.63) is 0 Å². The van der Waals surface area contributed by atoms with Gasteiger partial charge in [-0.15, -0.1) is 0 Å². The molecule has 9 heteroatoms. The molecule has 2 atom stereocenters. The van der Waals surface area contributed by atoms with Crippen LogP contribution in [0.3, 0.4) is 0 Å². The smallest absolute Gasteiger partial charge is 0.408 e. The molecule has 0 saturated carbocycles. The Bertz CT molecular complexity index is 600. The molecule has 2 saturated heterocycles. The van der Waals surface area contributed by atoms with Crippen LogP contribution < -0.4 is 10.6 Å². The molecule has 2 rings (SSSR count). The molecule has 3 amide bonds. The molecule has 26 heavy (non-hydrogen) atoms. The summed E-state index contributed by atoms with van der Waals surface area (Å²) >= 11 is 0. The number of fused-ring (bicyclic) bond motifs is 1. The van der Waals surface area contributed by atoms with Crippen LogP contribution in [-0.4, -0.2) is 66.2 Å². The first-order valence-corrected chi connectivity index (χ1v) is 8.75. The normalized spacial score (nSPS) is 25.3. The highest BCUT2D eigenvalue weighted by Gasteiger charge is 2.54. The van der Waals surface area contributed by atoms with E-state index in [1.54, 1.807) is 20.8 Å². The van der Waals surface area contributed by atoms with Gasteiger partial charge in [0.2, 0.25) is 11.8 Å². The third-order valence-corrected chi connectivity index (χ3v) is 4.63. The number of nitrogens with one attached hydrogen (secondary N) is 2. The summed E-state index contributed by atoms with van der Waals surface area (Å²) in [5.41, 5.74) is -1.62. The first-order valence-electron chi connectivity index (χ1n) is 8.75. The van der Waals surface area contributed by atoms with E-state index in [4.69, 9.17) is 4.74 Å². The Morgan fingerprint density at radius 2 is 1.96 bits per heavy atom. The molecule has 0 bridgehead atoms. The van der Waals surface area contributed by atoms with E-state index in [0.29, 0.717) is 32.2 Å². The number of esters is 1. The Balaban J connectivity index is 2.04. The van der Waals surface area contributed by atoms with Crippen LogP contribution in [-0.2, 0) is 23.9 Å². The SMILES string of the molecule is COC(=O)CNC(=O)[C@]12CCCN1C(=O)[C@H](NC(=O)OC(C)(C)C)CC2. The molecule has 0 aliphatic carbocycles. The molecule has 2 fully saturated rings. The van der Waals surface area contributed by atoms with E-state index < -0.39 is 29.2 Å². The molecule has 2 aliphatic heterocycles. The maximum atomic E-state index is 12.8. The minimum Gasteiger partial charge on any atom is -0.468 e. The lowest BCUT2D eigenvalue weighted by Gasteiger charge is -2.43. The second-order valence-corrected chi connectivity index (χ2v) is 7.62. The van der Waals surface area contributed by atoms with Crippen molar-refractivity contribution in [2.45, 2.75) is 63.6 Å². The molecule has 2 heterocycles. The van der Waals surface area contributed by atoms with Gasteiger partial charge in [-0.25, -0.2) is 4.79 Å². The molecule has 0 aromatic rings. The Hall–Kier alpha value is -2.32. The molecule has 2 aliphatic rings. The number of ether oxygens (including phenoxy) is 2. The number of carbonyl (C=O) groups is 4. The van der Waals surface area contributed by atoms with Gasteiger partial charge in [0, 0.05) is 6.54 Å². The summed E-state index contributed by atoms with van der Waals surface area (Å²) in [6.07, 6.45) is 1.31. The molecular formula is C17H27N3O6. The van der Waals surface area contributed by atoms with E-state index in [2.05, 4.69) is 15.4 Å². The average molecular weight is 369 g/mol. The van der Waals surface area contributed by atoms with Crippen LogP contribution in [0, 0.1) is 0 Å². The second-order valence-electron chi connectivity index (χ2n) is 7.62. The largest absolute Gasteiger partial charge is 0.468 e. The summed E-state index contributed by atoms with van der Waals surface area (Å²) in [6, 6.07) is -0.718. The van der Waals surface area contributed by atoms with Gasteiger partial charge < -0.3 is 25.0 Å². The van der Waals surface area contributed by atoms with Crippen molar-refractivity contribution in [1.82, 2.24) is 15.5 Å². The first kappa shape index (κ1) is 20.0. The summed E-state index contributed by atoms with van der Waals surface area (Å²) < 4.78 is 9.72. The van der Waals surface area contributed by atoms with Crippen molar-refractivity contribution >= 4 is 23.9 Å². The van der Waals surface area contributed by atoms with E-state index >= 15 is 0 Å². The van der Waals surface area contributed by atoms with Gasteiger partial charge in [0.05, 0.1) is 7.11 Å². The third kappa shape index (κ3) is 4.25. The van der Waals surface area contributed by atoms with Crippen LogP contribution in [0.1, 0.15) is 46.5 Å². The van der Waals surface area contributed by atoms with Crippen molar-refractivity contribution < 1.29 is 28.7 Å². The van der Waals surface area contributed by atoms with Gasteiger partial charge in [-0.1, -0.05) is 0 Å². The average Bonchev–Trinajstić information content (AvgIpc) is 2.99. The number of rotatable bonds is 4. The van der Waals surface area contributed by atoms with E-state index in [0.717, 1.165) is 0 Å². The third-order valence-electron chi connectivity index (χ3n) is 4.63. The number of carbonyl (C=O) groups excluding carboxylic acids is 4. The molecule has 2 N–H and O–H groups in total. The summed E-state index contributed by atoms with van der Waals surface area (Å²) in [7, 11) is 1.24. The van der Waals surface area contributed by atoms with E-state index in [1.807, 2.05) is 0 Å². The van der Waals surface area contributed by atoms with Gasteiger partial charge in [-0.2, -0.15) is 0 Å². The van der Waals surface area contributed by atoms with Crippen molar-refractivity contribution in [2.24, 2.45) is 0 Å². The highest BCUT2D eigenvalue weighted by Crippen LogP contribution is 2.38. The second kappa shape index (κ2) is 7.51. The maximum absolute atomic E-state index is 12.8. The topological polar surface area (TPSA) is 114 Å². The monoisotopic (exact) mass is 369 g/mol. The molecule has 0 aromatic heterocycles. The molecule has 0 unspecified atom stereocenters. The fraction of sp³-hybridized carbons (Fsp3) is 0.765. The van der Waals surface area contributed by atoms with Crippen LogP contribution in [0.15, 0.2) is 0 Å². The lowest BCUT2D eigenvalue weighted by atomic mass is 9.83. The number of hydrogen-bond acceptors (Lipinski definition) is 6. The molecule has 9 nitrogen and oxygen atoms in total. The zero-order valence-corrected chi connectivity index (χ0v) is 15.7. The van der Waals surface area contributed by atoms with E-state index in [9.17, 15) is 19.2 Å². The Morgan fingerprint density at radius 3 is 2.58 bits per heavy atom. The highest BCUT2D eigenvalue weighted by atomic mass is 16.6. The summed E-state index contributed by atoms with van der Waals surface area (Å²) in [6.45, 7) is 5.43. The minimum atomic E-state index is -0.961. The first-order chi connectivity index (χ1) is 12.1. The quantitative estimate of drug-likeness (QED) is 0.690. The van der Waals surface area contributed by atoms with Gasteiger partial charge in [-0.05, 0) is 46.5 Å². The Morgan fingerprint density at radius 1 is 1.27 bits per heavy atom. The number of amides is 3. The van der Waals surface area contributed by atoms with E-state index in [-0.39, 0.29) is 18.4 Å². The van der Waals surface area contributed by atoms with Crippen LogP contribution >= 0.6 is 0 Å². The van der Waals surface area contributed by atoms with Gasteiger partial charge >= 0.3 is 12.1 Å². The molecule has 0 spiro atoms. The Labute approximate surface area is 152 Å². The lowest BCUT2D eigenvalue weighted by molar-refractivity contribution is -0.152. The van der Waals surface area contributed by atoms with Gasteiger partial charge in [-0.3, -0.25) is 14.4 Å². The lowest BCUT2D eigenvalue weighted by Crippen LogP contribution is -2.65. The van der Waals surface area contributed by atoms with Crippen LogP contribution in [0.4, 0.5) is 4.79 Å². The van der Waals surface area contributed by atoms with Crippen LogP contribution in [0.2, 0.25) is 0 Å². The minimum absolute atomic E-state index is 0.237. The summed E-state index contributed by atoms with van der Waals surface area (Å²) in [5.74, 6) is -1.21. The van der Waals surface area contributed by atoms with Crippen molar-refractivity contribution in [1.29, 1.82) is 0 Å². The molecule has 146 valence electrons. The molecule has 0 radical (unpaired) electrons. The van der Waals surface area contributed by atoms with Gasteiger partial charge in [0.1, 0.15) is 23.7 Å².